The van der Waals surface area contributed by atoms with Crippen molar-refractivity contribution in [2.45, 2.75) is 26.0 Å². The Morgan fingerprint density at radius 3 is 2.63 bits per heavy atom. The second-order valence-electron chi connectivity index (χ2n) is 4.52. The molecule has 0 saturated carbocycles. The molecule has 1 unspecified atom stereocenters. The van der Waals surface area contributed by atoms with Crippen LogP contribution in [0.3, 0.4) is 0 Å². The van der Waals surface area contributed by atoms with E-state index in [1.54, 1.807) is 12.1 Å². The number of benzene rings is 2. The van der Waals surface area contributed by atoms with Gasteiger partial charge in [0.05, 0.1) is 12.6 Å². The van der Waals surface area contributed by atoms with Gasteiger partial charge >= 0.3 is 0 Å². The second-order valence-corrected chi connectivity index (χ2v) is 4.52. The van der Waals surface area contributed by atoms with E-state index in [4.69, 9.17) is 5.11 Å². The van der Waals surface area contributed by atoms with E-state index in [9.17, 15) is 4.39 Å². The molecule has 0 radical (unpaired) electrons. The van der Waals surface area contributed by atoms with Gasteiger partial charge in [-0.05, 0) is 41.8 Å². The van der Waals surface area contributed by atoms with Gasteiger partial charge in [0.15, 0.2) is 0 Å². The topological polar surface area (TPSA) is 32.3 Å². The van der Waals surface area contributed by atoms with E-state index in [1.807, 2.05) is 30.3 Å². The van der Waals surface area contributed by atoms with Crippen molar-refractivity contribution in [2.75, 3.05) is 5.32 Å². The third kappa shape index (κ3) is 3.55. The minimum absolute atomic E-state index is 0.0201. The van der Waals surface area contributed by atoms with E-state index in [2.05, 4.69) is 12.2 Å². The average Bonchev–Trinajstić information content (AvgIpc) is 2.45. The first-order valence-corrected chi connectivity index (χ1v) is 6.44. The zero-order valence-corrected chi connectivity index (χ0v) is 10.9. The largest absolute Gasteiger partial charge is 0.392 e. The van der Waals surface area contributed by atoms with Crippen LogP contribution in [0.1, 0.15) is 30.5 Å². The van der Waals surface area contributed by atoms with Crippen molar-refractivity contribution in [1.29, 1.82) is 0 Å². The van der Waals surface area contributed by atoms with Crippen LogP contribution in [0, 0.1) is 5.82 Å². The quantitative estimate of drug-likeness (QED) is 0.854. The van der Waals surface area contributed by atoms with Crippen LogP contribution in [0.5, 0.6) is 0 Å². The zero-order valence-electron chi connectivity index (χ0n) is 10.9. The fourth-order valence-electron chi connectivity index (χ4n) is 2.11. The van der Waals surface area contributed by atoms with Crippen LogP contribution in [0.2, 0.25) is 0 Å². The van der Waals surface area contributed by atoms with Gasteiger partial charge in [0.25, 0.3) is 0 Å². The van der Waals surface area contributed by atoms with E-state index in [0.717, 1.165) is 23.2 Å². The third-order valence-corrected chi connectivity index (χ3v) is 3.11. The molecule has 0 heterocycles. The maximum Gasteiger partial charge on any atom is 0.123 e. The van der Waals surface area contributed by atoms with E-state index in [1.165, 1.54) is 6.07 Å². The Hall–Kier alpha value is -1.87. The maximum atomic E-state index is 13.3. The zero-order chi connectivity index (χ0) is 13.7. The van der Waals surface area contributed by atoms with E-state index in [0.29, 0.717) is 0 Å². The van der Waals surface area contributed by atoms with Gasteiger partial charge in [0.1, 0.15) is 5.82 Å². The number of hydrogen-bond acceptors (Lipinski definition) is 2. The molecular formula is C16H18FNO. The molecule has 19 heavy (non-hydrogen) atoms. The smallest absolute Gasteiger partial charge is 0.123 e. The molecule has 0 fully saturated rings. The van der Waals surface area contributed by atoms with Crippen molar-refractivity contribution in [1.82, 2.24) is 0 Å². The first-order chi connectivity index (χ1) is 9.22. The summed E-state index contributed by atoms with van der Waals surface area (Å²) in [6, 6.07) is 14.3. The lowest BCUT2D eigenvalue weighted by Crippen LogP contribution is -2.10. The fraction of sp³-hybridized carbons (Fsp3) is 0.250. The van der Waals surface area contributed by atoms with Crippen LogP contribution in [-0.2, 0) is 6.61 Å². The molecule has 2 aromatic carbocycles. The Morgan fingerprint density at radius 2 is 1.95 bits per heavy atom. The van der Waals surface area contributed by atoms with E-state index < -0.39 is 0 Å². The monoisotopic (exact) mass is 259 g/mol. The Kier molecular flexibility index (Phi) is 4.53. The highest BCUT2D eigenvalue weighted by Gasteiger charge is 2.09. The lowest BCUT2D eigenvalue weighted by molar-refractivity contribution is 0.282. The van der Waals surface area contributed by atoms with Gasteiger partial charge in [0, 0.05) is 5.69 Å². The molecule has 0 saturated heterocycles. The van der Waals surface area contributed by atoms with E-state index >= 15 is 0 Å². The van der Waals surface area contributed by atoms with Gasteiger partial charge in [-0.2, -0.15) is 0 Å². The molecular weight excluding hydrogens is 241 g/mol. The summed E-state index contributed by atoms with van der Waals surface area (Å²) in [7, 11) is 0. The normalized spacial score (nSPS) is 12.2. The van der Waals surface area contributed by atoms with Crippen LogP contribution in [0.25, 0.3) is 0 Å². The number of rotatable bonds is 5. The molecule has 2 N–H and O–H groups in total. The lowest BCUT2D eigenvalue weighted by Gasteiger charge is -2.19. The Bertz CT molecular complexity index is 542. The molecule has 2 rings (SSSR count). The van der Waals surface area contributed by atoms with Gasteiger partial charge in [-0.1, -0.05) is 31.2 Å². The molecule has 3 heteroatoms. The molecule has 0 aliphatic rings. The molecule has 2 aromatic rings. The fourth-order valence-corrected chi connectivity index (χ4v) is 2.11. The van der Waals surface area contributed by atoms with Gasteiger partial charge in [-0.25, -0.2) is 4.39 Å². The second kappa shape index (κ2) is 6.34. The van der Waals surface area contributed by atoms with Crippen molar-refractivity contribution < 1.29 is 9.50 Å². The predicted molar refractivity (Wildman–Crippen MR) is 75.4 cm³/mol. The van der Waals surface area contributed by atoms with Gasteiger partial charge in [-0.3, -0.25) is 0 Å². The van der Waals surface area contributed by atoms with Crippen molar-refractivity contribution in [3.8, 4) is 0 Å². The lowest BCUT2D eigenvalue weighted by atomic mass is 10.0. The summed E-state index contributed by atoms with van der Waals surface area (Å²) in [5, 5.41) is 12.5. The van der Waals surface area contributed by atoms with Crippen LogP contribution < -0.4 is 5.32 Å². The summed E-state index contributed by atoms with van der Waals surface area (Å²) in [6.07, 6.45) is 0.854. The molecule has 0 amide bonds. The molecule has 0 aliphatic heterocycles. The molecule has 0 aromatic heterocycles. The maximum absolute atomic E-state index is 13.3. The van der Waals surface area contributed by atoms with Crippen molar-refractivity contribution in [3.05, 3.63) is 65.5 Å². The number of halogens is 1. The van der Waals surface area contributed by atoms with Crippen LogP contribution in [0.4, 0.5) is 10.1 Å². The summed E-state index contributed by atoms with van der Waals surface area (Å²) in [5.41, 5.74) is 2.72. The summed E-state index contributed by atoms with van der Waals surface area (Å²) >= 11 is 0. The summed E-state index contributed by atoms with van der Waals surface area (Å²) in [4.78, 5) is 0. The molecule has 0 spiro atoms. The van der Waals surface area contributed by atoms with Crippen LogP contribution >= 0.6 is 0 Å². The predicted octanol–water partition coefficient (Wildman–Crippen LogP) is 3.88. The molecule has 1 atom stereocenters. The number of aliphatic hydroxyl groups excluding tert-OH is 1. The van der Waals surface area contributed by atoms with Gasteiger partial charge in [0.2, 0.25) is 0 Å². The molecule has 0 aliphatic carbocycles. The minimum Gasteiger partial charge on any atom is -0.392 e. The highest BCUT2D eigenvalue weighted by molar-refractivity contribution is 5.47. The Morgan fingerprint density at radius 1 is 1.16 bits per heavy atom. The third-order valence-electron chi connectivity index (χ3n) is 3.11. The van der Waals surface area contributed by atoms with E-state index in [-0.39, 0.29) is 18.5 Å². The van der Waals surface area contributed by atoms with Gasteiger partial charge < -0.3 is 10.4 Å². The SMILES string of the molecule is CCC(Nc1cccc(CO)c1)c1cccc(F)c1. The Balaban J connectivity index is 2.18. The number of nitrogens with one attached hydrogen (secondary N) is 1. The summed E-state index contributed by atoms with van der Waals surface area (Å²) in [5.74, 6) is -0.221. The van der Waals surface area contributed by atoms with Crippen LogP contribution in [-0.4, -0.2) is 5.11 Å². The average molecular weight is 259 g/mol. The van der Waals surface area contributed by atoms with Crippen molar-refractivity contribution in [3.63, 3.8) is 0 Å². The molecule has 2 nitrogen and oxygen atoms in total. The minimum atomic E-state index is -0.221. The number of anilines is 1. The summed E-state index contributed by atoms with van der Waals surface area (Å²) in [6.45, 7) is 2.07. The molecule has 100 valence electrons. The standard InChI is InChI=1S/C16H18FNO/c1-2-16(13-6-4-7-14(17)10-13)18-15-8-3-5-12(9-15)11-19/h3-10,16,18-19H,2,11H2,1H3. The first kappa shape index (κ1) is 13.6. The summed E-state index contributed by atoms with van der Waals surface area (Å²) < 4.78 is 13.3. The first-order valence-electron chi connectivity index (χ1n) is 6.44. The molecule has 0 bridgehead atoms. The van der Waals surface area contributed by atoms with Gasteiger partial charge in [-0.15, -0.1) is 0 Å². The Labute approximate surface area is 112 Å². The van der Waals surface area contributed by atoms with Crippen molar-refractivity contribution in [2.24, 2.45) is 0 Å². The van der Waals surface area contributed by atoms with Crippen molar-refractivity contribution >= 4 is 5.69 Å². The highest BCUT2D eigenvalue weighted by atomic mass is 19.1. The van der Waals surface area contributed by atoms with Crippen LogP contribution in [0.15, 0.2) is 48.5 Å². The number of aliphatic hydroxyl groups is 1. The number of hydrogen-bond donors (Lipinski definition) is 2. The highest BCUT2D eigenvalue weighted by Crippen LogP contribution is 2.23.